The molecule has 1 amide bonds. The van der Waals surface area contributed by atoms with Gasteiger partial charge in [0.1, 0.15) is 6.10 Å². The minimum atomic E-state index is -1.44. The SMILES string of the molecule is CCCC[C@@H]1OC(=O)[C@H]2[C@@H](C(=O)Nc3ccccc3)[C@@H]1C(S(=O)c1ccc(C)cc1)=C[C@H]2CCC. The number of allylic oxidation sites excluding steroid dienone is 1. The number of anilines is 1. The Morgan fingerprint density at radius 2 is 1.69 bits per heavy atom. The number of benzene rings is 2. The third-order valence-electron chi connectivity index (χ3n) is 7.14. The van der Waals surface area contributed by atoms with E-state index in [4.69, 9.17) is 4.74 Å². The van der Waals surface area contributed by atoms with Gasteiger partial charge in [0.15, 0.2) is 0 Å². The standard InChI is InChI=1S/C29H35NO4S/c1-4-6-13-23-26-24(35(33)22-16-14-19(3)15-17-22)18-20(10-5-2)25(29(32)34-23)27(26)28(31)30-21-11-8-7-9-12-21/h7-9,11-12,14-18,20,23,25-27H,4-6,10,13H2,1-3H3,(H,30,31)/t20-,23+,25-,26+,27-,35?/m1/s1. The van der Waals surface area contributed by atoms with Crippen molar-refractivity contribution in [1.82, 2.24) is 0 Å². The van der Waals surface area contributed by atoms with Crippen LogP contribution in [0.25, 0.3) is 0 Å². The normalized spacial score (nSPS) is 26.4. The van der Waals surface area contributed by atoms with Crippen molar-refractivity contribution in [3.8, 4) is 0 Å². The maximum absolute atomic E-state index is 14.0. The van der Waals surface area contributed by atoms with Crippen LogP contribution in [0, 0.1) is 30.6 Å². The Morgan fingerprint density at radius 3 is 2.34 bits per heavy atom. The van der Waals surface area contributed by atoms with Crippen LogP contribution < -0.4 is 5.32 Å². The van der Waals surface area contributed by atoms with Gasteiger partial charge in [0.2, 0.25) is 5.91 Å². The minimum Gasteiger partial charge on any atom is -0.461 e. The molecular weight excluding hydrogens is 458 g/mol. The first-order valence-corrected chi connectivity index (χ1v) is 13.9. The van der Waals surface area contributed by atoms with E-state index in [-0.39, 0.29) is 17.8 Å². The molecule has 2 bridgehead atoms. The Hall–Kier alpha value is -2.73. The van der Waals surface area contributed by atoms with Crippen molar-refractivity contribution in [3.63, 3.8) is 0 Å². The van der Waals surface area contributed by atoms with E-state index in [1.165, 1.54) is 0 Å². The van der Waals surface area contributed by atoms with Crippen molar-refractivity contribution in [2.24, 2.45) is 23.7 Å². The third-order valence-corrected chi connectivity index (χ3v) is 8.68. The van der Waals surface area contributed by atoms with Gasteiger partial charge in [-0.2, -0.15) is 0 Å². The highest BCUT2D eigenvalue weighted by Gasteiger charge is 2.56. The Bertz CT molecular complexity index is 1100. The number of carbonyl (C=O) groups is 2. The highest BCUT2D eigenvalue weighted by Crippen LogP contribution is 2.49. The molecule has 1 saturated heterocycles. The zero-order valence-electron chi connectivity index (χ0n) is 20.7. The zero-order valence-corrected chi connectivity index (χ0v) is 21.6. The molecule has 1 aliphatic carbocycles. The van der Waals surface area contributed by atoms with Gasteiger partial charge in [-0.05, 0) is 49.9 Å². The number of unbranched alkanes of at least 4 members (excludes halogenated alkanes) is 1. The fourth-order valence-corrected chi connectivity index (χ4v) is 6.93. The molecular formula is C29H35NO4S. The molecule has 6 heteroatoms. The van der Waals surface area contributed by atoms with Crippen LogP contribution in [0.15, 0.2) is 70.5 Å². The summed E-state index contributed by atoms with van der Waals surface area (Å²) in [5.74, 6) is -2.29. The molecule has 2 aromatic carbocycles. The van der Waals surface area contributed by atoms with E-state index in [1.807, 2.05) is 67.6 Å². The second kappa shape index (κ2) is 11.3. The first kappa shape index (κ1) is 25.4. The third kappa shape index (κ3) is 5.43. The maximum atomic E-state index is 14.0. The van der Waals surface area contributed by atoms with Gasteiger partial charge in [0.05, 0.1) is 22.6 Å². The number of esters is 1. The van der Waals surface area contributed by atoms with Crippen molar-refractivity contribution in [1.29, 1.82) is 0 Å². The van der Waals surface area contributed by atoms with E-state index < -0.39 is 34.7 Å². The summed E-state index contributed by atoms with van der Waals surface area (Å²) in [6.07, 6.45) is 5.63. The molecule has 1 aliphatic heterocycles. The van der Waals surface area contributed by atoms with E-state index in [1.54, 1.807) is 0 Å². The molecule has 2 aromatic rings. The van der Waals surface area contributed by atoms with Gasteiger partial charge < -0.3 is 10.1 Å². The molecule has 4 rings (SSSR count). The highest BCUT2D eigenvalue weighted by atomic mass is 32.2. The number of rotatable bonds is 9. The Kier molecular flexibility index (Phi) is 8.22. The summed E-state index contributed by atoms with van der Waals surface area (Å²) >= 11 is 0. The molecule has 2 aliphatic rings. The van der Waals surface area contributed by atoms with E-state index >= 15 is 0 Å². The van der Waals surface area contributed by atoms with E-state index in [0.717, 1.165) is 36.2 Å². The molecule has 0 saturated carbocycles. The quantitative estimate of drug-likeness (QED) is 0.434. The highest BCUT2D eigenvalue weighted by molar-refractivity contribution is 7.89. The van der Waals surface area contributed by atoms with E-state index in [9.17, 15) is 13.8 Å². The fourth-order valence-electron chi connectivity index (χ4n) is 5.43. The molecule has 1 heterocycles. The van der Waals surface area contributed by atoms with E-state index in [0.29, 0.717) is 17.0 Å². The van der Waals surface area contributed by atoms with Crippen molar-refractivity contribution < 1.29 is 18.5 Å². The fraction of sp³-hybridized carbons (Fsp3) is 0.448. The topological polar surface area (TPSA) is 72.5 Å². The number of nitrogens with one attached hydrogen (secondary N) is 1. The van der Waals surface area contributed by atoms with Crippen molar-refractivity contribution in [2.75, 3.05) is 5.32 Å². The van der Waals surface area contributed by atoms with Crippen molar-refractivity contribution >= 4 is 28.4 Å². The number of ether oxygens (including phenoxy) is 1. The Balaban J connectivity index is 1.79. The lowest BCUT2D eigenvalue weighted by Gasteiger charge is -2.47. The number of fused-ring (bicyclic) bond motifs is 2. The number of hydrogen-bond donors (Lipinski definition) is 1. The van der Waals surface area contributed by atoms with Gasteiger partial charge in [0, 0.05) is 21.4 Å². The molecule has 0 radical (unpaired) electrons. The smallest absolute Gasteiger partial charge is 0.310 e. The second-order valence-electron chi connectivity index (χ2n) is 9.65. The monoisotopic (exact) mass is 493 g/mol. The van der Waals surface area contributed by atoms with Gasteiger partial charge in [-0.25, -0.2) is 4.21 Å². The zero-order chi connectivity index (χ0) is 24.9. The maximum Gasteiger partial charge on any atom is 0.310 e. The number of para-hydroxylation sites is 1. The largest absolute Gasteiger partial charge is 0.461 e. The summed E-state index contributed by atoms with van der Waals surface area (Å²) in [5, 5.41) is 3.03. The molecule has 35 heavy (non-hydrogen) atoms. The average molecular weight is 494 g/mol. The summed E-state index contributed by atoms with van der Waals surface area (Å²) in [4.78, 5) is 28.5. The summed E-state index contributed by atoms with van der Waals surface area (Å²) in [6.45, 7) is 6.15. The lowest BCUT2D eigenvalue weighted by molar-refractivity contribution is -0.177. The van der Waals surface area contributed by atoms with Gasteiger partial charge in [-0.1, -0.05) is 75.1 Å². The summed E-state index contributed by atoms with van der Waals surface area (Å²) in [5.41, 5.74) is 1.79. The van der Waals surface area contributed by atoms with Crippen LogP contribution in [0.5, 0.6) is 0 Å². The number of amides is 1. The molecule has 1 unspecified atom stereocenters. The van der Waals surface area contributed by atoms with Crippen LogP contribution in [0.3, 0.4) is 0 Å². The summed E-state index contributed by atoms with van der Waals surface area (Å²) < 4.78 is 20.0. The lowest BCUT2D eigenvalue weighted by Crippen LogP contribution is -2.55. The summed E-state index contributed by atoms with van der Waals surface area (Å²) in [7, 11) is -1.44. The number of carbonyl (C=O) groups excluding carboxylic acids is 2. The Morgan fingerprint density at radius 1 is 0.971 bits per heavy atom. The molecule has 5 nitrogen and oxygen atoms in total. The molecule has 1 fully saturated rings. The van der Waals surface area contributed by atoms with Gasteiger partial charge in [-0.3, -0.25) is 9.59 Å². The van der Waals surface area contributed by atoms with Crippen LogP contribution in [-0.2, 0) is 25.1 Å². The average Bonchev–Trinajstić information content (AvgIpc) is 2.86. The second-order valence-corrected chi connectivity index (χ2v) is 11.1. The van der Waals surface area contributed by atoms with Crippen LogP contribution in [0.1, 0.15) is 51.5 Å². The van der Waals surface area contributed by atoms with Crippen molar-refractivity contribution in [3.05, 3.63) is 71.1 Å². The van der Waals surface area contributed by atoms with Gasteiger partial charge >= 0.3 is 5.97 Å². The van der Waals surface area contributed by atoms with Gasteiger partial charge in [0.25, 0.3) is 0 Å². The van der Waals surface area contributed by atoms with Crippen LogP contribution in [0.4, 0.5) is 5.69 Å². The first-order chi connectivity index (χ1) is 16.9. The van der Waals surface area contributed by atoms with Crippen LogP contribution in [0.2, 0.25) is 0 Å². The lowest BCUT2D eigenvalue weighted by atomic mass is 9.64. The molecule has 0 aromatic heterocycles. The number of cyclic esters (lactones) is 1. The summed E-state index contributed by atoms with van der Waals surface area (Å²) in [6, 6.07) is 17.0. The minimum absolute atomic E-state index is 0.188. The molecule has 186 valence electrons. The van der Waals surface area contributed by atoms with Crippen LogP contribution in [-0.4, -0.2) is 22.2 Å². The first-order valence-electron chi connectivity index (χ1n) is 12.7. The van der Waals surface area contributed by atoms with Crippen LogP contribution >= 0.6 is 0 Å². The predicted octanol–water partition coefficient (Wildman–Crippen LogP) is 6.02. The van der Waals surface area contributed by atoms with E-state index in [2.05, 4.69) is 19.2 Å². The Labute approximate surface area is 210 Å². The van der Waals surface area contributed by atoms with Gasteiger partial charge in [-0.15, -0.1) is 0 Å². The molecule has 0 spiro atoms. The molecule has 6 atom stereocenters. The number of hydrogen-bond acceptors (Lipinski definition) is 4. The predicted molar refractivity (Wildman–Crippen MR) is 139 cm³/mol. The van der Waals surface area contributed by atoms with Crippen molar-refractivity contribution in [2.45, 2.75) is 63.9 Å². The molecule has 1 N–H and O–H groups in total. The number of aryl methyl sites for hydroxylation is 1.